The van der Waals surface area contributed by atoms with E-state index in [9.17, 15) is 4.79 Å². The molecule has 180 valence electrons. The molecule has 0 radical (unpaired) electrons. The Hall–Kier alpha value is -3.13. The van der Waals surface area contributed by atoms with Gasteiger partial charge in [0.1, 0.15) is 5.82 Å². The van der Waals surface area contributed by atoms with Crippen LogP contribution in [0.25, 0.3) is 16.9 Å². The first-order valence-electron chi connectivity index (χ1n) is 11.7. The lowest BCUT2D eigenvalue weighted by Gasteiger charge is -2.34. The third kappa shape index (κ3) is 5.12. The summed E-state index contributed by atoms with van der Waals surface area (Å²) in [6.45, 7) is 6.98. The summed E-state index contributed by atoms with van der Waals surface area (Å²) in [7, 11) is 0. The number of hydrogen-bond acceptors (Lipinski definition) is 5. The molecule has 0 spiro atoms. The molecule has 1 aliphatic heterocycles. The summed E-state index contributed by atoms with van der Waals surface area (Å²) < 4.78 is 1.75. The van der Waals surface area contributed by atoms with Crippen LogP contribution in [-0.2, 0) is 6.54 Å². The number of anilines is 1. The molecule has 0 aliphatic carbocycles. The fourth-order valence-corrected chi connectivity index (χ4v) is 4.77. The minimum atomic E-state index is 0.0590. The van der Waals surface area contributed by atoms with Gasteiger partial charge in [-0.05, 0) is 36.4 Å². The number of benzene rings is 2. The normalized spacial score (nSPS) is 14.4. The molecule has 1 N–H and O–H groups in total. The van der Waals surface area contributed by atoms with E-state index in [0.29, 0.717) is 27.8 Å². The quantitative estimate of drug-likeness (QED) is 0.392. The van der Waals surface area contributed by atoms with Gasteiger partial charge in [0.05, 0.1) is 11.9 Å². The summed E-state index contributed by atoms with van der Waals surface area (Å²) in [5.41, 5.74) is 3.93. The number of likely N-dealkylation sites (N-methyl/N-ethyl adjacent to an activating group) is 1. The van der Waals surface area contributed by atoms with E-state index in [0.717, 1.165) is 55.4 Å². The topological polar surface area (TPSA) is 65.8 Å². The van der Waals surface area contributed by atoms with E-state index >= 15 is 0 Å². The molecule has 4 aromatic rings. The van der Waals surface area contributed by atoms with E-state index in [1.807, 2.05) is 53.4 Å². The number of piperazine rings is 1. The largest absolute Gasteiger partial charge is 0.366 e. The standard InChI is InChI=1S/C26H26Cl2N6O/c1-2-32-10-12-33(13-11-32)26(35)19-5-3-4-18(14-19)23-16-25(34-24(31-23)8-9-30-34)29-17-20-6-7-21(27)15-22(20)28/h3-9,14-16,29H,2,10-13,17H2,1H3. The van der Waals surface area contributed by atoms with Crippen LogP contribution in [0.1, 0.15) is 22.8 Å². The van der Waals surface area contributed by atoms with Crippen LogP contribution in [-0.4, -0.2) is 63.0 Å². The Labute approximate surface area is 214 Å². The third-order valence-electron chi connectivity index (χ3n) is 6.35. The van der Waals surface area contributed by atoms with E-state index in [-0.39, 0.29) is 5.91 Å². The van der Waals surface area contributed by atoms with Gasteiger partial charge in [-0.15, -0.1) is 0 Å². The molecule has 0 saturated carbocycles. The van der Waals surface area contributed by atoms with Crippen molar-refractivity contribution in [2.45, 2.75) is 13.5 Å². The van der Waals surface area contributed by atoms with Gasteiger partial charge in [-0.3, -0.25) is 4.79 Å². The summed E-state index contributed by atoms with van der Waals surface area (Å²) in [5, 5.41) is 9.00. The van der Waals surface area contributed by atoms with Crippen LogP contribution in [0.15, 0.2) is 60.8 Å². The summed E-state index contributed by atoms with van der Waals surface area (Å²) in [4.78, 5) is 22.2. The maximum atomic E-state index is 13.2. The molecule has 1 amide bonds. The molecule has 2 aromatic carbocycles. The number of fused-ring (bicyclic) bond motifs is 1. The van der Waals surface area contributed by atoms with Crippen molar-refractivity contribution >= 4 is 40.6 Å². The van der Waals surface area contributed by atoms with Crippen molar-refractivity contribution in [3.63, 3.8) is 0 Å². The van der Waals surface area contributed by atoms with Crippen molar-refractivity contribution in [3.8, 4) is 11.3 Å². The fourth-order valence-electron chi connectivity index (χ4n) is 4.30. The fraction of sp³-hybridized carbons (Fsp3) is 0.269. The second-order valence-corrected chi connectivity index (χ2v) is 9.37. The maximum Gasteiger partial charge on any atom is 0.253 e. The van der Waals surface area contributed by atoms with Crippen LogP contribution in [0.2, 0.25) is 10.0 Å². The Morgan fingerprint density at radius 1 is 1.03 bits per heavy atom. The Morgan fingerprint density at radius 3 is 2.63 bits per heavy atom. The number of amides is 1. The van der Waals surface area contributed by atoms with Gasteiger partial charge >= 0.3 is 0 Å². The average Bonchev–Trinajstić information content (AvgIpc) is 3.37. The van der Waals surface area contributed by atoms with Crippen molar-refractivity contribution in [3.05, 3.63) is 82.0 Å². The number of aromatic nitrogens is 3. The number of carbonyl (C=O) groups is 1. The molecule has 5 rings (SSSR count). The number of rotatable bonds is 6. The number of nitrogens with zero attached hydrogens (tertiary/aromatic N) is 5. The zero-order chi connectivity index (χ0) is 24.4. The number of halogens is 2. The first-order chi connectivity index (χ1) is 17.0. The van der Waals surface area contributed by atoms with Crippen LogP contribution in [0.3, 0.4) is 0 Å². The van der Waals surface area contributed by atoms with Gasteiger partial charge in [0.15, 0.2) is 5.65 Å². The van der Waals surface area contributed by atoms with E-state index in [2.05, 4.69) is 22.2 Å². The van der Waals surface area contributed by atoms with Crippen LogP contribution >= 0.6 is 23.2 Å². The van der Waals surface area contributed by atoms with E-state index in [1.165, 1.54) is 0 Å². The molecule has 2 aromatic heterocycles. The highest BCUT2D eigenvalue weighted by Crippen LogP contribution is 2.26. The molecule has 1 saturated heterocycles. The minimum Gasteiger partial charge on any atom is -0.366 e. The summed E-state index contributed by atoms with van der Waals surface area (Å²) in [6, 6.07) is 16.9. The van der Waals surface area contributed by atoms with Crippen molar-refractivity contribution < 1.29 is 4.79 Å². The first kappa shape index (κ1) is 23.6. The Kier molecular flexibility index (Phi) is 6.90. The van der Waals surface area contributed by atoms with Gasteiger partial charge in [-0.1, -0.05) is 48.3 Å². The van der Waals surface area contributed by atoms with Crippen molar-refractivity contribution in [2.24, 2.45) is 0 Å². The van der Waals surface area contributed by atoms with E-state index in [4.69, 9.17) is 28.2 Å². The SMILES string of the molecule is CCN1CCN(C(=O)c2cccc(-c3cc(NCc4ccc(Cl)cc4Cl)n4nccc4n3)c2)CC1. The predicted octanol–water partition coefficient (Wildman–Crippen LogP) is 5.09. The highest BCUT2D eigenvalue weighted by Gasteiger charge is 2.21. The lowest BCUT2D eigenvalue weighted by atomic mass is 10.1. The van der Waals surface area contributed by atoms with Gasteiger partial charge in [-0.2, -0.15) is 9.61 Å². The van der Waals surface area contributed by atoms with Crippen molar-refractivity contribution in [2.75, 3.05) is 38.0 Å². The summed E-state index contributed by atoms with van der Waals surface area (Å²) >= 11 is 12.4. The van der Waals surface area contributed by atoms with Crippen LogP contribution in [0, 0.1) is 0 Å². The van der Waals surface area contributed by atoms with E-state index in [1.54, 1.807) is 16.8 Å². The molecule has 9 heteroatoms. The second-order valence-electron chi connectivity index (χ2n) is 8.52. The minimum absolute atomic E-state index is 0.0590. The van der Waals surface area contributed by atoms with Crippen LogP contribution < -0.4 is 5.32 Å². The molecule has 35 heavy (non-hydrogen) atoms. The van der Waals surface area contributed by atoms with Gasteiger partial charge in [0.25, 0.3) is 5.91 Å². The number of carbonyl (C=O) groups excluding carboxylic acids is 1. The Balaban J connectivity index is 1.40. The molecule has 1 aliphatic rings. The van der Waals surface area contributed by atoms with Gasteiger partial charge in [-0.25, -0.2) is 4.98 Å². The lowest BCUT2D eigenvalue weighted by Crippen LogP contribution is -2.48. The number of nitrogens with one attached hydrogen (secondary N) is 1. The zero-order valence-electron chi connectivity index (χ0n) is 19.4. The van der Waals surface area contributed by atoms with Gasteiger partial charge in [0, 0.05) is 66.0 Å². The highest BCUT2D eigenvalue weighted by atomic mass is 35.5. The average molecular weight is 509 g/mol. The maximum absolute atomic E-state index is 13.2. The third-order valence-corrected chi connectivity index (χ3v) is 6.93. The summed E-state index contributed by atoms with van der Waals surface area (Å²) in [6.07, 6.45) is 1.71. The Morgan fingerprint density at radius 2 is 1.86 bits per heavy atom. The molecule has 1 fully saturated rings. The molecule has 3 heterocycles. The highest BCUT2D eigenvalue weighted by molar-refractivity contribution is 6.35. The monoisotopic (exact) mass is 508 g/mol. The molecule has 0 unspecified atom stereocenters. The molecular formula is C26H26Cl2N6O. The zero-order valence-corrected chi connectivity index (χ0v) is 20.9. The molecule has 7 nitrogen and oxygen atoms in total. The van der Waals surface area contributed by atoms with E-state index < -0.39 is 0 Å². The molecule has 0 atom stereocenters. The first-order valence-corrected chi connectivity index (χ1v) is 12.4. The Bertz CT molecular complexity index is 1360. The van der Waals surface area contributed by atoms with Crippen molar-refractivity contribution in [1.29, 1.82) is 0 Å². The van der Waals surface area contributed by atoms with Gasteiger partial charge in [0.2, 0.25) is 0 Å². The van der Waals surface area contributed by atoms with Gasteiger partial charge < -0.3 is 15.1 Å². The summed E-state index contributed by atoms with van der Waals surface area (Å²) in [5.74, 6) is 0.831. The number of hydrogen-bond donors (Lipinski definition) is 1. The molecule has 0 bridgehead atoms. The smallest absolute Gasteiger partial charge is 0.253 e. The predicted molar refractivity (Wildman–Crippen MR) is 140 cm³/mol. The van der Waals surface area contributed by atoms with Crippen molar-refractivity contribution in [1.82, 2.24) is 24.4 Å². The molecular weight excluding hydrogens is 483 g/mol. The lowest BCUT2D eigenvalue weighted by molar-refractivity contribution is 0.0643. The van der Waals surface area contributed by atoms with Crippen LogP contribution in [0.5, 0.6) is 0 Å². The second kappa shape index (κ2) is 10.2. The van der Waals surface area contributed by atoms with Crippen LogP contribution in [0.4, 0.5) is 5.82 Å².